The maximum Gasteiger partial charge on any atom is 0.278 e. The molecule has 0 aliphatic carbocycles. The molecule has 0 saturated heterocycles. The van der Waals surface area contributed by atoms with E-state index in [0.29, 0.717) is 19.4 Å². The second-order valence-corrected chi connectivity index (χ2v) is 1.82. The molecule has 4 heteroatoms. The van der Waals surface area contributed by atoms with Gasteiger partial charge >= 0.3 is 0 Å². The minimum absolute atomic E-state index is 0.403. The van der Waals surface area contributed by atoms with E-state index in [9.17, 15) is 0 Å². The number of hydrogen-bond acceptors (Lipinski definition) is 4. The zero-order valence-corrected chi connectivity index (χ0v) is 5.12. The Morgan fingerprint density at radius 3 is 2.22 bits per heavy atom. The van der Waals surface area contributed by atoms with Crippen LogP contribution < -0.4 is 5.73 Å². The number of nitrogens with two attached hydrogens (primary N) is 1. The Morgan fingerprint density at radius 1 is 1.33 bits per heavy atom. The van der Waals surface area contributed by atoms with Crippen molar-refractivity contribution < 1.29 is 15.3 Å². The van der Waals surface area contributed by atoms with Crippen LogP contribution in [0, 0.1) is 6.42 Å². The van der Waals surface area contributed by atoms with E-state index >= 15 is 0 Å². The Labute approximate surface area is 53.9 Å². The van der Waals surface area contributed by atoms with E-state index in [-0.39, 0.29) is 0 Å². The predicted octanol–water partition coefficient (Wildman–Crippen LogP) is -1.44. The SMILES string of the molecule is NCCC[CH]C(O)(O)O. The monoisotopic (exact) mass is 134 g/mol. The topological polar surface area (TPSA) is 86.7 Å². The molecule has 0 fully saturated rings. The molecule has 0 amide bonds. The summed E-state index contributed by atoms with van der Waals surface area (Å²) >= 11 is 0. The minimum atomic E-state index is -2.63. The molecule has 0 aromatic rings. The first kappa shape index (κ1) is 8.84. The lowest BCUT2D eigenvalue weighted by Crippen LogP contribution is -2.27. The van der Waals surface area contributed by atoms with Crippen molar-refractivity contribution >= 4 is 0 Å². The average molecular weight is 134 g/mol. The normalized spacial score (nSPS) is 12.0. The van der Waals surface area contributed by atoms with Gasteiger partial charge in [-0.25, -0.2) is 0 Å². The van der Waals surface area contributed by atoms with Crippen molar-refractivity contribution in [1.82, 2.24) is 0 Å². The zero-order valence-electron chi connectivity index (χ0n) is 5.12. The highest BCUT2D eigenvalue weighted by atomic mass is 16.7. The lowest BCUT2D eigenvalue weighted by molar-refractivity contribution is -0.286. The van der Waals surface area contributed by atoms with Crippen LogP contribution in [0.15, 0.2) is 0 Å². The first-order valence-corrected chi connectivity index (χ1v) is 2.78. The van der Waals surface area contributed by atoms with Gasteiger partial charge in [-0.05, 0) is 19.4 Å². The lowest BCUT2D eigenvalue weighted by atomic mass is 10.2. The molecule has 0 bridgehead atoms. The van der Waals surface area contributed by atoms with Gasteiger partial charge in [0.1, 0.15) is 0 Å². The number of rotatable bonds is 4. The molecule has 0 saturated carbocycles. The summed E-state index contributed by atoms with van der Waals surface area (Å²) in [6.45, 7) is 0.479. The highest BCUT2D eigenvalue weighted by molar-refractivity contribution is 4.71. The van der Waals surface area contributed by atoms with Crippen molar-refractivity contribution in [2.24, 2.45) is 5.73 Å². The first-order valence-electron chi connectivity index (χ1n) is 2.78. The fourth-order valence-corrected chi connectivity index (χ4v) is 0.414. The third-order valence-corrected chi connectivity index (χ3v) is 0.826. The standard InChI is InChI=1S/C5H12NO3/c6-4-2-1-3-5(7,8)9/h3,7-9H,1-2,4,6H2. The number of unbranched alkanes of at least 4 members (excludes halogenated alkanes) is 1. The molecule has 0 atom stereocenters. The molecule has 1 radical (unpaired) electrons. The van der Waals surface area contributed by atoms with Crippen LogP contribution in [-0.2, 0) is 0 Å². The zero-order chi connectivity index (χ0) is 7.33. The molecule has 0 aromatic carbocycles. The molecule has 0 aliphatic rings. The number of aliphatic hydroxyl groups is 3. The molecule has 0 heterocycles. The highest BCUT2D eigenvalue weighted by Gasteiger charge is 2.16. The summed E-state index contributed by atoms with van der Waals surface area (Å²) in [5.41, 5.74) is 5.09. The van der Waals surface area contributed by atoms with Crippen LogP contribution in [0.25, 0.3) is 0 Å². The van der Waals surface area contributed by atoms with Gasteiger partial charge in [0.05, 0.1) is 6.42 Å². The van der Waals surface area contributed by atoms with Gasteiger partial charge in [-0.15, -0.1) is 0 Å². The quantitative estimate of drug-likeness (QED) is 0.280. The van der Waals surface area contributed by atoms with E-state index in [2.05, 4.69) is 0 Å². The van der Waals surface area contributed by atoms with E-state index in [1.54, 1.807) is 0 Å². The van der Waals surface area contributed by atoms with Gasteiger partial charge in [0.25, 0.3) is 5.97 Å². The third-order valence-electron chi connectivity index (χ3n) is 0.826. The molecule has 0 unspecified atom stereocenters. The largest absolute Gasteiger partial charge is 0.343 e. The maximum atomic E-state index is 8.26. The van der Waals surface area contributed by atoms with Gasteiger partial charge in [-0.2, -0.15) is 0 Å². The van der Waals surface area contributed by atoms with Gasteiger partial charge < -0.3 is 21.1 Å². The lowest BCUT2D eigenvalue weighted by Gasteiger charge is -2.11. The van der Waals surface area contributed by atoms with Crippen LogP contribution in [0.2, 0.25) is 0 Å². The molecule has 55 valence electrons. The van der Waals surface area contributed by atoms with Crippen molar-refractivity contribution in [2.75, 3.05) is 6.54 Å². The highest BCUT2D eigenvalue weighted by Crippen LogP contribution is 2.03. The molecular weight excluding hydrogens is 122 g/mol. The molecule has 5 N–H and O–H groups in total. The van der Waals surface area contributed by atoms with Crippen LogP contribution in [0.1, 0.15) is 12.8 Å². The van der Waals surface area contributed by atoms with Gasteiger partial charge in [0.15, 0.2) is 0 Å². The summed E-state index contributed by atoms with van der Waals surface area (Å²) in [5, 5.41) is 24.8. The molecule has 4 nitrogen and oxygen atoms in total. The van der Waals surface area contributed by atoms with Crippen LogP contribution >= 0.6 is 0 Å². The molecule has 0 spiro atoms. The summed E-state index contributed by atoms with van der Waals surface area (Å²) in [5.74, 6) is -2.63. The Balaban J connectivity index is 3.07. The summed E-state index contributed by atoms with van der Waals surface area (Å²) in [6.07, 6.45) is 2.03. The van der Waals surface area contributed by atoms with Gasteiger partial charge in [-0.3, -0.25) is 0 Å². The van der Waals surface area contributed by atoms with Gasteiger partial charge in [0.2, 0.25) is 0 Å². The van der Waals surface area contributed by atoms with Crippen LogP contribution in [0.3, 0.4) is 0 Å². The van der Waals surface area contributed by atoms with Gasteiger partial charge in [0, 0.05) is 0 Å². The third kappa shape index (κ3) is 7.84. The van der Waals surface area contributed by atoms with Crippen molar-refractivity contribution in [2.45, 2.75) is 18.8 Å². The molecule has 0 aliphatic heterocycles. The summed E-state index contributed by atoms with van der Waals surface area (Å²) in [4.78, 5) is 0. The summed E-state index contributed by atoms with van der Waals surface area (Å²) < 4.78 is 0. The molecule has 9 heavy (non-hydrogen) atoms. The molecular formula is C5H12NO3. The predicted molar refractivity (Wildman–Crippen MR) is 32.0 cm³/mol. The molecule has 0 rings (SSSR count). The first-order chi connectivity index (χ1) is 4.06. The van der Waals surface area contributed by atoms with Crippen molar-refractivity contribution in [3.05, 3.63) is 6.42 Å². The fourth-order valence-electron chi connectivity index (χ4n) is 0.414. The molecule has 0 aromatic heterocycles. The van der Waals surface area contributed by atoms with Gasteiger partial charge in [-0.1, -0.05) is 0 Å². The second kappa shape index (κ2) is 3.79. The van der Waals surface area contributed by atoms with E-state index in [4.69, 9.17) is 21.1 Å². The Kier molecular flexibility index (Phi) is 3.72. The second-order valence-electron chi connectivity index (χ2n) is 1.82. The van der Waals surface area contributed by atoms with Crippen LogP contribution in [0.5, 0.6) is 0 Å². The Hall–Kier alpha value is -0.160. The minimum Gasteiger partial charge on any atom is -0.343 e. The van der Waals surface area contributed by atoms with E-state index in [1.165, 1.54) is 0 Å². The maximum absolute atomic E-state index is 8.26. The van der Waals surface area contributed by atoms with E-state index in [0.717, 1.165) is 6.42 Å². The van der Waals surface area contributed by atoms with E-state index < -0.39 is 5.97 Å². The Morgan fingerprint density at radius 2 is 1.89 bits per heavy atom. The van der Waals surface area contributed by atoms with Crippen LogP contribution in [0.4, 0.5) is 0 Å². The number of hydrogen-bond donors (Lipinski definition) is 4. The van der Waals surface area contributed by atoms with Crippen molar-refractivity contribution in [3.63, 3.8) is 0 Å². The van der Waals surface area contributed by atoms with Crippen molar-refractivity contribution in [1.29, 1.82) is 0 Å². The Bertz CT molecular complexity index is 69.1. The van der Waals surface area contributed by atoms with E-state index in [1.807, 2.05) is 0 Å². The van der Waals surface area contributed by atoms with Crippen molar-refractivity contribution in [3.8, 4) is 0 Å². The summed E-state index contributed by atoms with van der Waals surface area (Å²) in [7, 11) is 0. The average Bonchev–Trinajstić information content (AvgIpc) is 1.63. The smallest absolute Gasteiger partial charge is 0.278 e. The summed E-state index contributed by atoms with van der Waals surface area (Å²) in [6, 6.07) is 0. The fraction of sp³-hybridized carbons (Fsp3) is 0.800. The van der Waals surface area contributed by atoms with Crippen LogP contribution in [-0.4, -0.2) is 27.8 Å².